The molecule has 2 atom stereocenters. The summed E-state index contributed by atoms with van der Waals surface area (Å²) in [5.74, 6) is 1.11. The predicted molar refractivity (Wildman–Crippen MR) is 89.6 cm³/mol. The number of ether oxygens (including phenoxy) is 1. The lowest BCUT2D eigenvalue weighted by Gasteiger charge is -2.27. The zero-order chi connectivity index (χ0) is 16.1. The van der Waals surface area contributed by atoms with E-state index in [1.165, 1.54) is 23.1 Å². The van der Waals surface area contributed by atoms with Crippen molar-refractivity contribution in [2.45, 2.75) is 50.9 Å². The number of rotatable bonds is 4. The summed E-state index contributed by atoms with van der Waals surface area (Å²) >= 11 is 0. The van der Waals surface area contributed by atoms with E-state index in [1.54, 1.807) is 0 Å². The molecule has 4 heteroatoms. The van der Waals surface area contributed by atoms with Gasteiger partial charge in [-0.3, -0.25) is 0 Å². The Morgan fingerprint density at radius 1 is 1.26 bits per heavy atom. The maximum atomic E-state index is 11.4. The largest absolute Gasteiger partial charge is 0.450 e. The number of hydrogen-bond acceptors (Lipinski definition) is 3. The number of carbonyl (C=O) groups is 1. The van der Waals surface area contributed by atoms with Gasteiger partial charge in [0, 0.05) is 19.1 Å². The summed E-state index contributed by atoms with van der Waals surface area (Å²) < 4.78 is 5.03. The van der Waals surface area contributed by atoms with Crippen LogP contribution in [0.1, 0.15) is 54.7 Å². The molecule has 2 N–H and O–H groups in total. The van der Waals surface area contributed by atoms with Crippen molar-refractivity contribution in [2.24, 2.45) is 5.92 Å². The average molecular weight is 317 g/mol. The number of aliphatic hydroxyl groups is 1. The molecule has 0 radical (unpaired) electrons. The number of cyclic esters (lactones) is 1. The fourth-order valence-corrected chi connectivity index (χ4v) is 3.87. The number of fused-ring (bicyclic) bond motifs is 1. The molecule has 1 aromatic rings. The van der Waals surface area contributed by atoms with Gasteiger partial charge in [-0.15, -0.1) is 0 Å². The summed E-state index contributed by atoms with van der Waals surface area (Å²) in [7, 11) is 0. The smallest absolute Gasteiger partial charge is 0.407 e. The van der Waals surface area contributed by atoms with Crippen molar-refractivity contribution in [2.75, 3.05) is 19.8 Å². The van der Waals surface area contributed by atoms with Crippen LogP contribution in [0.3, 0.4) is 0 Å². The van der Waals surface area contributed by atoms with E-state index < -0.39 is 0 Å². The maximum Gasteiger partial charge on any atom is 0.407 e. The molecule has 0 aromatic heterocycles. The Labute approximate surface area is 138 Å². The molecule has 0 bridgehead atoms. The van der Waals surface area contributed by atoms with Gasteiger partial charge >= 0.3 is 6.09 Å². The average Bonchev–Trinajstić information content (AvgIpc) is 2.56. The molecule has 1 heterocycles. The quantitative estimate of drug-likeness (QED) is 0.897. The Bertz CT molecular complexity index is 543. The minimum atomic E-state index is -0.292. The Morgan fingerprint density at radius 2 is 2.17 bits per heavy atom. The van der Waals surface area contributed by atoms with Crippen LogP contribution in [0.2, 0.25) is 0 Å². The number of alkyl carbamates (subject to hydrolysis) is 1. The van der Waals surface area contributed by atoms with Crippen molar-refractivity contribution in [3.05, 3.63) is 34.9 Å². The van der Waals surface area contributed by atoms with Crippen LogP contribution in [0.25, 0.3) is 0 Å². The van der Waals surface area contributed by atoms with E-state index in [9.17, 15) is 4.79 Å². The lowest BCUT2D eigenvalue weighted by molar-refractivity contribution is 0.136. The predicted octanol–water partition coefficient (Wildman–Crippen LogP) is 3.17. The highest BCUT2D eigenvalue weighted by atomic mass is 16.5. The second kappa shape index (κ2) is 7.82. The van der Waals surface area contributed by atoms with Gasteiger partial charge in [0.1, 0.15) is 0 Å². The molecule has 4 nitrogen and oxygen atoms in total. The minimum absolute atomic E-state index is 0.292. The molecule has 126 valence electrons. The van der Waals surface area contributed by atoms with Gasteiger partial charge in [-0.05, 0) is 67.6 Å². The maximum absolute atomic E-state index is 11.4. The lowest BCUT2D eigenvalue weighted by atomic mass is 9.80. The second-order valence-electron chi connectivity index (χ2n) is 6.86. The van der Waals surface area contributed by atoms with Crippen LogP contribution < -0.4 is 5.32 Å². The van der Waals surface area contributed by atoms with Crippen LogP contribution in [0.5, 0.6) is 0 Å². The molecule has 0 unspecified atom stereocenters. The van der Waals surface area contributed by atoms with E-state index in [4.69, 9.17) is 9.84 Å². The number of carbonyl (C=O) groups excluding carboxylic acids is 1. The third-order valence-corrected chi connectivity index (χ3v) is 5.23. The zero-order valence-corrected chi connectivity index (χ0v) is 13.7. The molecule has 23 heavy (non-hydrogen) atoms. The number of benzene rings is 1. The number of hydrogen-bond donors (Lipinski definition) is 2. The van der Waals surface area contributed by atoms with E-state index in [0.29, 0.717) is 25.7 Å². The summed E-state index contributed by atoms with van der Waals surface area (Å²) in [6, 6.07) is 6.89. The molecule has 3 rings (SSSR count). The Balaban J connectivity index is 1.67. The molecule has 1 aliphatic carbocycles. The Kier molecular flexibility index (Phi) is 5.55. The van der Waals surface area contributed by atoms with Crippen LogP contribution in [0.15, 0.2) is 18.2 Å². The summed E-state index contributed by atoms with van der Waals surface area (Å²) in [5.41, 5.74) is 4.30. The molecule has 1 aliphatic heterocycles. The van der Waals surface area contributed by atoms with Crippen LogP contribution >= 0.6 is 0 Å². The molecule has 1 amide bonds. The first-order valence-corrected chi connectivity index (χ1v) is 8.89. The lowest BCUT2D eigenvalue weighted by Crippen LogP contribution is -2.31. The van der Waals surface area contributed by atoms with Gasteiger partial charge in [-0.2, -0.15) is 0 Å². The fourth-order valence-electron chi connectivity index (χ4n) is 3.87. The van der Waals surface area contributed by atoms with Crippen LogP contribution in [-0.2, 0) is 17.6 Å². The minimum Gasteiger partial charge on any atom is -0.450 e. The molecule has 0 spiro atoms. The molecule has 1 fully saturated rings. The van der Waals surface area contributed by atoms with Crippen molar-refractivity contribution in [3.8, 4) is 0 Å². The molecular formula is C19H27NO3. The van der Waals surface area contributed by atoms with Gasteiger partial charge < -0.3 is 15.2 Å². The standard InChI is InChI=1S/C19H27NO3/c21-9-1-3-14-5-6-16-12-17(8-7-15(16)11-14)18-4-2-10-23-19(22)20-13-18/h7-8,12,14,18,21H,1-6,9-11,13H2,(H,20,22)/t14-,18-/m0/s1. The number of aryl methyl sites for hydroxylation is 1. The SMILES string of the molecule is O=C1NC[C@@H](c2ccc3c(c2)CC[C@H](CCCO)C3)CCCO1. The molecular weight excluding hydrogens is 290 g/mol. The summed E-state index contributed by atoms with van der Waals surface area (Å²) in [6.45, 7) is 1.48. The highest BCUT2D eigenvalue weighted by Crippen LogP contribution is 2.31. The number of aliphatic hydroxyl groups excluding tert-OH is 1. The van der Waals surface area contributed by atoms with Gasteiger partial charge in [0.05, 0.1) is 6.61 Å². The van der Waals surface area contributed by atoms with Crippen molar-refractivity contribution < 1.29 is 14.6 Å². The number of nitrogens with one attached hydrogen (secondary N) is 1. The van der Waals surface area contributed by atoms with E-state index in [1.807, 2.05) is 0 Å². The summed E-state index contributed by atoms with van der Waals surface area (Å²) in [5, 5.41) is 11.9. The van der Waals surface area contributed by atoms with Crippen molar-refractivity contribution in [3.63, 3.8) is 0 Å². The van der Waals surface area contributed by atoms with E-state index >= 15 is 0 Å². The Hall–Kier alpha value is -1.55. The zero-order valence-electron chi connectivity index (χ0n) is 13.7. The van der Waals surface area contributed by atoms with Crippen molar-refractivity contribution in [1.29, 1.82) is 0 Å². The van der Waals surface area contributed by atoms with E-state index in [0.717, 1.165) is 44.4 Å². The highest BCUT2D eigenvalue weighted by Gasteiger charge is 2.21. The van der Waals surface area contributed by atoms with Crippen LogP contribution in [0, 0.1) is 5.92 Å². The first-order valence-electron chi connectivity index (χ1n) is 8.89. The number of amides is 1. The third kappa shape index (κ3) is 4.25. The van der Waals surface area contributed by atoms with Crippen molar-refractivity contribution in [1.82, 2.24) is 5.32 Å². The van der Waals surface area contributed by atoms with E-state index in [2.05, 4.69) is 23.5 Å². The highest BCUT2D eigenvalue weighted by molar-refractivity contribution is 5.67. The summed E-state index contributed by atoms with van der Waals surface area (Å²) in [6.07, 6.45) is 7.25. The molecule has 1 aromatic carbocycles. The monoisotopic (exact) mass is 317 g/mol. The molecule has 0 saturated carbocycles. The first-order chi connectivity index (χ1) is 11.3. The topological polar surface area (TPSA) is 58.6 Å². The Morgan fingerprint density at radius 3 is 3.04 bits per heavy atom. The van der Waals surface area contributed by atoms with Gasteiger partial charge in [-0.1, -0.05) is 18.2 Å². The normalized spacial score (nSPS) is 24.8. The third-order valence-electron chi connectivity index (χ3n) is 5.23. The van der Waals surface area contributed by atoms with Gasteiger partial charge in [0.25, 0.3) is 0 Å². The van der Waals surface area contributed by atoms with Gasteiger partial charge in [0.2, 0.25) is 0 Å². The summed E-state index contributed by atoms with van der Waals surface area (Å²) in [4.78, 5) is 11.4. The van der Waals surface area contributed by atoms with Crippen LogP contribution in [-0.4, -0.2) is 31.0 Å². The molecule has 1 saturated heterocycles. The van der Waals surface area contributed by atoms with Crippen LogP contribution in [0.4, 0.5) is 4.79 Å². The van der Waals surface area contributed by atoms with E-state index in [-0.39, 0.29) is 6.09 Å². The first kappa shape index (κ1) is 16.3. The molecule has 2 aliphatic rings. The van der Waals surface area contributed by atoms with Gasteiger partial charge in [-0.25, -0.2) is 4.79 Å². The van der Waals surface area contributed by atoms with Gasteiger partial charge in [0.15, 0.2) is 0 Å². The van der Waals surface area contributed by atoms with Crippen molar-refractivity contribution >= 4 is 6.09 Å². The second-order valence-corrected chi connectivity index (χ2v) is 6.86. The fraction of sp³-hybridized carbons (Fsp3) is 0.632.